The van der Waals surface area contributed by atoms with Gasteiger partial charge in [0.2, 0.25) is 0 Å². The van der Waals surface area contributed by atoms with Crippen LogP contribution in [-0.2, 0) is 6.42 Å². The van der Waals surface area contributed by atoms with Crippen molar-refractivity contribution in [2.24, 2.45) is 0 Å². The van der Waals surface area contributed by atoms with Crippen LogP contribution < -0.4 is 5.32 Å². The SMILES string of the molecule is c1cc(CCNCCN2CCC(N3CCCCC3)C2)cs1. The summed E-state index contributed by atoms with van der Waals surface area (Å²) in [4.78, 5) is 5.39. The first-order valence-corrected chi connectivity index (χ1v) is 9.54. The van der Waals surface area contributed by atoms with Crippen LogP contribution in [0.15, 0.2) is 16.8 Å². The van der Waals surface area contributed by atoms with Crippen molar-refractivity contribution in [3.63, 3.8) is 0 Å². The third-order valence-electron chi connectivity index (χ3n) is 4.93. The lowest BCUT2D eigenvalue weighted by Gasteiger charge is -2.32. The van der Waals surface area contributed by atoms with Crippen molar-refractivity contribution in [2.45, 2.75) is 38.1 Å². The van der Waals surface area contributed by atoms with Crippen LogP contribution in [0.5, 0.6) is 0 Å². The lowest BCUT2D eigenvalue weighted by atomic mass is 10.1. The predicted octanol–water partition coefficient (Wildman–Crippen LogP) is 2.44. The molecule has 21 heavy (non-hydrogen) atoms. The number of likely N-dealkylation sites (tertiary alicyclic amines) is 2. The third kappa shape index (κ3) is 4.78. The third-order valence-corrected chi connectivity index (χ3v) is 5.66. The average molecular weight is 308 g/mol. The summed E-state index contributed by atoms with van der Waals surface area (Å²) in [6.07, 6.45) is 6.83. The van der Waals surface area contributed by atoms with Gasteiger partial charge in [-0.3, -0.25) is 4.90 Å². The summed E-state index contributed by atoms with van der Waals surface area (Å²) in [6.45, 7) is 8.75. The number of thiophene rings is 1. The monoisotopic (exact) mass is 307 g/mol. The highest BCUT2D eigenvalue weighted by atomic mass is 32.1. The van der Waals surface area contributed by atoms with Crippen LogP contribution in [0.3, 0.4) is 0 Å². The number of rotatable bonds is 7. The first-order chi connectivity index (χ1) is 10.4. The Hall–Kier alpha value is -0.420. The Morgan fingerprint density at radius 3 is 2.86 bits per heavy atom. The zero-order valence-electron chi connectivity index (χ0n) is 13.1. The second kappa shape index (κ2) is 8.28. The minimum Gasteiger partial charge on any atom is -0.315 e. The van der Waals surface area contributed by atoms with E-state index in [0.717, 1.165) is 19.1 Å². The maximum absolute atomic E-state index is 3.59. The molecule has 2 aliphatic heterocycles. The Bertz CT molecular complexity index is 387. The zero-order chi connectivity index (χ0) is 14.3. The Kier molecular flexibility index (Phi) is 6.10. The molecule has 2 fully saturated rings. The molecule has 1 N–H and O–H groups in total. The summed E-state index contributed by atoms with van der Waals surface area (Å²) < 4.78 is 0. The fourth-order valence-corrected chi connectivity index (χ4v) is 4.33. The summed E-state index contributed by atoms with van der Waals surface area (Å²) >= 11 is 1.80. The van der Waals surface area contributed by atoms with Gasteiger partial charge in [-0.1, -0.05) is 6.42 Å². The molecule has 0 radical (unpaired) electrons. The van der Waals surface area contributed by atoms with Crippen molar-refractivity contribution in [3.8, 4) is 0 Å². The van der Waals surface area contributed by atoms with Crippen molar-refractivity contribution in [2.75, 3.05) is 45.8 Å². The molecule has 2 aliphatic rings. The van der Waals surface area contributed by atoms with Crippen molar-refractivity contribution >= 4 is 11.3 Å². The molecule has 0 bridgehead atoms. The molecule has 3 nitrogen and oxygen atoms in total. The highest BCUT2D eigenvalue weighted by Gasteiger charge is 2.27. The van der Waals surface area contributed by atoms with E-state index in [1.165, 1.54) is 70.4 Å². The quantitative estimate of drug-likeness (QED) is 0.781. The van der Waals surface area contributed by atoms with Gasteiger partial charge in [-0.2, -0.15) is 11.3 Å². The lowest BCUT2D eigenvalue weighted by Crippen LogP contribution is -2.41. The Balaban J connectivity index is 1.26. The highest BCUT2D eigenvalue weighted by Crippen LogP contribution is 2.19. The summed E-state index contributed by atoms with van der Waals surface area (Å²) in [5.74, 6) is 0. The second-order valence-corrected chi connectivity index (χ2v) is 7.25. The van der Waals surface area contributed by atoms with Gasteiger partial charge in [0, 0.05) is 25.7 Å². The van der Waals surface area contributed by atoms with Crippen molar-refractivity contribution in [1.29, 1.82) is 0 Å². The number of piperidine rings is 1. The summed E-state index contributed by atoms with van der Waals surface area (Å²) in [6, 6.07) is 3.08. The largest absolute Gasteiger partial charge is 0.315 e. The molecule has 0 saturated carbocycles. The van der Waals surface area contributed by atoms with E-state index in [1.54, 1.807) is 11.3 Å². The van der Waals surface area contributed by atoms with Crippen molar-refractivity contribution in [1.82, 2.24) is 15.1 Å². The van der Waals surface area contributed by atoms with Gasteiger partial charge in [-0.15, -0.1) is 0 Å². The number of hydrogen-bond acceptors (Lipinski definition) is 4. The Morgan fingerprint density at radius 2 is 2.05 bits per heavy atom. The molecule has 3 rings (SSSR count). The van der Waals surface area contributed by atoms with E-state index in [-0.39, 0.29) is 0 Å². The molecular weight excluding hydrogens is 278 g/mol. The van der Waals surface area contributed by atoms with Crippen molar-refractivity contribution < 1.29 is 0 Å². The van der Waals surface area contributed by atoms with E-state index >= 15 is 0 Å². The van der Waals surface area contributed by atoms with Gasteiger partial charge in [-0.25, -0.2) is 0 Å². The fraction of sp³-hybridized carbons (Fsp3) is 0.765. The van der Waals surface area contributed by atoms with Crippen LogP contribution in [0, 0.1) is 0 Å². The maximum atomic E-state index is 3.59. The van der Waals surface area contributed by atoms with Gasteiger partial charge in [0.1, 0.15) is 0 Å². The van der Waals surface area contributed by atoms with Gasteiger partial charge < -0.3 is 10.2 Å². The van der Waals surface area contributed by atoms with Gasteiger partial charge in [0.15, 0.2) is 0 Å². The molecule has 1 aromatic rings. The van der Waals surface area contributed by atoms with Crippen molar-refractivity contribution in [3.05, 3.63) is 22.4 Å². The zero-order valence-corrected chi connectivity index (χ0v) is 13.9. The summed E-state index contributed by atoms with van der Waals surface area (Å²) in [7, 11) is 0. The molecule has 0 amide bonds. The van der Waals surface area contributed by atoms with Crippen LogP contribution >= 0.6 is 11.3 Å². The average Bonchev–Trinajstić information content (AvgIpc) is 3.19. The normalized spacial score (nSPS) is 24.7. The molecule has 1 atom stereocenters. The second-order valence-electron chi connectivity index (χ2n) is 6.47. The predicted molar refractivity (Wildman–Crippen MR) is 91.2 cm³/mol. The van der Waals surface area contributed by atoms with Crippen LogP contribution in [0.4, 0.5) is 0 Å². The molecule has 118 valence electrons. The van der Waals surface area contributed by atoms with Gasteiger partial charge >= 0.3 is 0 Å². The molecule has 0 aliphatic carbocycles. The standard InChI is InChI=1S/C17H29N3S/c1-2-9-20(10-3-1)17-5-11-19(14-17)12-8-18-7-4-16-6-13-21-15-16/h6,13,15,17-18H,1-5,7-12,14H2. The molecular formula is C17H29N3S. The van der Waals surface area contributed by atoms with Gasteiger partial charge in [0.25, 0.3) is 0 Å². The minimum absolute atomic E-state index is 0.844. The summed E-state index contributed by atoms with van der Waals surface area (Å²) in [5, 5.41) is 8.02. The molecule has 4 heteroatoms. The molecule has 0 aromatic carbocycles. The molecule has 0 spiro atoms. The van der Waals surface area contributed by atoms with E-state index in [9.17, 15) is 0 Å². The van der Waals surface area contributed by atoms with E-state index in [2.05, 4.69) is 31.9 Å². The van der Waals surface area contributed by atoms with E-state index in [0.29, 0.717) is 0 Å². The van der Waals surface area contributed by atoms with Crippen LogP contribution in [-0.4, -0.2) is 61.7 Å². The number of nitrogens with one attached hydrogen (secondary N) is 1. The maximum Gasteiger partial charge on any atom is 0.0235 e. The molecule has 2 saturated heterocycles. The number of hydrogen-bond donors (Lipinski definition) is 1. The van der Waals surface area contributed by atoms with Gasteiger partial charge in [-0.05, 0) is 74.3 Å². The molecule has 3 heterocycles. The number of nitrogens with zero attached hydrogens (tertiary/aromatic N) is 2. The minimum atomic E-state index is 0.844. The van der Waals surface area contributed by atoms with E-state index in [4.69, 9.17) is 0 Å². The van der Waals surface area contributed by atoms with E-state index in [1.807, 2.05) is 0 Å². The lowest BCUT2D eigenvalue weighted by molar-refractivity contribution is 0.162. The molecule has 1 unspecified atom stereocenters. The smallest absolute Gasteiger partial charge is 0.0235 e. The topological polar surface area (TPSA) is 18.5 Å². The Labute approximate surface area is 133 Å². The van der Waals surface area contributed by atoms with Crippen LogP contribution in [0.2, 0.25) is 0 Å². The van der Waals surface area contributed by atoms with E-state index < -0.39 is 0 Å². The first kappa shape index (κ1) is 15.5. The molecule has 1 aromatic heterocycles. The Morgan fingerprint density at radius 1 is 1.14 bits per heavy atom. The highest BCUT2D eigenvalue weighted by molar-refractivity contribution is 7.07. The van der Waals surface area contributed by atoms with Gasteiger partial charge in [0.05, 0.1) is 0 Å². The van der Waals surface area contributed by atoms with Crippen LogP contribution in [0.25, 0.3) is 0 Å². The fourth-order valence-electron chi connectivity index (χ4n) is 3.63. The van der Waals surface area contributed by atoms with Crippen LogP contribution in [0.1, 0.15) is 31.2 Å². The first-order valence-electron chi connectivity index (χ1n) is 8.60. The summed E-state index contributed by atoms with van der Waals surface area (Å²) in [5.41, 5.74) is 1.47.